The second-order valence-corrected chi connectivity index (χ2v) is 3.58. The van der Waals surface area contributed by atoms with Crippen LogP contribution in [0.4, 0.5) is 35.1 Å². The van der Waals surface area contributed by atoms with Crippen molar-refractivity contribution in [2.45, 2.75) is 30.2 Å². The first-order valence-electron chi connectivity index (χ1n) is 4.24. The van der Waals surface area contributed by atoms with Gasteiger partial charge in [0, 0.05) is 0 Å². The van der Waals surface area contributed by atoms with Gasteiger partial charge in [0.15, 0.2) is 5.82 Å². The van der Waals surface area contributed by atoms with Crippen molar-refractivity contribution in [1.29, 1.82) is 0 Å². The third-order valence-electron chi connectivity index (χ3n) is 2.41. The van der Waals surface area contributed by atoms with Gasteiger partial charge in [0.1, 0.15) is 0 Å². The predicted octanol–water partition coefficient (Wildman–Crippen LogP) is 1.68. The summed E-state index contributed by atoms with van der Waals surface area (Å²) in [7, 11) is 0. The number of tetrazole rings is 1. The van der Waals surface area contributed by atoms with E-state index in [9.17, 15) is 35.1 Å². The lowest BCUT2D eigenvalue weighted by Gasteiger charge is -2.33. The highest BCUT2D eigenvalue weighted by atomic mass is 19.4. The zero-order valence-corrected chi connectivity index (χ0v) is 8.02. The summed E-state index contributed by atoms with van der Waals surface area (Å²) in [4.78, 5) is 0. The molecule has 0 bridgehead atoms. The minimum atomic E-state index is -6.34. The number of hydrogen-bond donors (Lipinski definition) is 0. The lowest BCUT2D eigenvalue weighted by atomic mass is 10.0. The van der Waals surface area contributed by atoms with Crippen molar-refractivity contribution in [2.24, 2.45) is 0 Å². The number of hydrogen-bond acceptors (Lipinski definition) is 3. The van der Waals surface area contributed by atoms with Crippen molar-refractivity contribution in [2.75, 3.05) is 0 Å². The molecule has 18 heavy (non-hydrogen) atoms. The molecule has 0 saturated carbocycles. The van der Waals surface area contributed by atoms with E-state index in [-0.39, 0.29) is 0 Å². The molecule has 2 heterocycles. The molecular formula is C6H2F8N4. The first-order valence-corrected chi connectivity index (χ1v) is 4.24. The van der Waals surface area contributed by atoms with Crippen molar-refractivity contribution in [1.82, 2.24) is 20.2 Å². The molecule has 0 fully saturated rings. The van der Waals surface area contributed by atoms with Crippen LogP contribution in [0.3, 0.4) is 0 Å². The van der Waals surface area contributed by atoms with Crippen molar-refractivity contribution >= 4 is 0 Å². The van der Waals surface area contributed by atoms with E-state index in [1.165, 1.54) is 0 Å². The first-order chi connectivity index (χ1) is 7.95. The summed E-state index contributed by atoms with van der Waals surface area (Å²) in [6.07, 6.45) is -2.13. The van der Waals surface area contributed by atoms with Crippen LogP contribution in [0.2, 0.25) is 0 Å². The number of halogens is 8. The van der Waals surface area contributed by atoms with Crippen molar-refractivity contribution in [3.05, 3.63) is 5.82 Å². The number of aromatic nitrogens is 4. The second-order valence-electron chi connectivity index (χ2n) is 3.58. The third kappa shape index (κ3) is 1.22. The predicted molar refractivity (Wildman–Crippen MR) is 36.6 cm³/mol. The molecule has 1 aromatic rings. The average Bonchev–Trinajstić information content (AvgIpc) is 2.62. The number of alkyl halides is 8. The van der Waals surface area contributed by atoms with Gasteiger partial charge in [-0.1, -0.05) is 0 Å². The Hall–Kier alpha value is -1.49. The van der Waals surface area contributed by atoms with E-state index in [0.717, 1.165) is 0 Å². The lowest BCUT2D eigenvalue weighted by Crippen LogP contribution is -2.61. The van der Waals surface area contributed by atoms with Crippen molar-refractivity contribution < 1.29 is 35.1 Å². The fraction of sp³-hybridized carbons (Fsp3) is 0.833. The summed E-state index contributed by atoms with van der Waals surface area (Å²) >= 11 is 0. The summed E-state index contributed by atoms with van der Waals surface area (Å²) in [6, 6.07) is -5.67. The van der Waals surface area contributed by atoms with Gasteiger partial charge in [0.25, 0.3) is 0 Å². The summed E-state index contributed by atoms with van der Waals surface area (Å²) in [5.41, 5.74) is 0. The summed E-state index contributed by atoms with van der Waals surface area (Å²) in [5, 5.41) is 7.46. The van der Waals surface area contributed by atoms with Crippen LogP contribution in [0.5, 0.6) is 0 Å². The van der Waals surface area contributed by atoms with Crippen LogP contribution in [0, 0.1) is 0 Å². The smallest absolute Gasteiger partial charge is 0.199 e. The van der Waals surface area contributed by atoms with Gasteiger partial charge in [-0.3, -0.25) is 0 Å². The van der Waals surface area contributed by atoms with Crippen LogP contribution in [0.1, 0.15) is 5.82 Å². The van der Waals surface area contributed by atoms with Gasteiger partial charge in [-0.15, -0.1) is 5.10 Å². The Morgan fingerprint density at radius 1 is 0.889 bits per heavy atom. The first kappa shape index (κ1) is 13.0. The molecule has 0 atom stereocenters. The molecule has 0 saturated heterocycles. The van der Waals surface area contributed by atoms with E-state index >= 15 is 0 Å². The minimum Gasteiger partial charge on any atom is -0.199 e. The molecule has 0 aliphatic carbocycles. The summed E-state index contributed by atoms with van der Waals surface area (Å²) in [6.45, 7) is 0. The van der Waals surface area contributed by atoms with Crippen LogP contribution >= 0.6 is 0 Å². The largest absolute Gasteiger partial charge is 0.415 e. The maximum Gasteiger partial charge on any atom is 0.415 e. The minimum absolute atomic E-state index is 1.01. The highest BCUT2D eigenvalue weighted by Gasteiger charge is 2.83. The highest BCUT2D eigenvalue weighted by molar-refractivity contribution is 5.10. The van der Waals surface area contributed by atoms with Crippen molar-refractivity contribution in [3.63, 3.8) is 0 Å². The Bertz CT molecular complexity index is 480. The van der Waals surface area contributed by atoms with Crippen LogP contribution in [0.15, 0.2) is 0 Å². The zero-order chi connectivity index (χ0) is 14.0. The van der Waals surface area contributed by atoms with E-state index < -0.39 is 40.7 Å². The molecule has 1 aliphatic rings. The third-order valence-corrected chi connectivity index (χ3v) is 2.41. The quantitative estimate of drug-likeness (QED) is 0.680. The van der Waals surface area contributed by atoms with E-state index in [1.807, 2.05) is 0 Å². The second kappa shape index (κ2) is 3.09. The molecule has 12 heteroatoms. The Kier molecular flexibility index (Phi) is 2.22. The van der Waals surface area contributed by atoms with E-state index in [1.54, 1.807) is 0 Å². The maximum absolute atomic E-state index is 13.2. The standard InChI is InChI=1S/C6H2F8N4/c7-3(8)1-2-15-16-17-18(2)6(13,14)5(11,12)4(3,9)10/h1H2. The Morgan fingerprint density at radius 3 is 2.00 bits per heavy atom. The Morgan fingerprint density at radius 2 is 1.44 bits per heavy atom. The van der Waals surface area contributed by atoms with Gasteiger partial charge in [-0.2, -0.15) is 39.8 Å². The number of rotatable bonds is 0. The lowest BCUT2D eigenvalue weighted by molar-refractivity contribution is -0.383. The molecule has 1 aliphatic heterocycles. The van der Waals surface area contributed by atoms with Gasteiger partial charge < -0.3 is 0 Å². The molecule has 0 radical (unpaired) electrons. The zero-order valence-electron chi connectivity index (χ0n) is 8.02. The molecule has 0 spiro atoms. The number of fused-ring (bicyclic) bond motifs is 1. The van der Waals surface area contributed by atoms with Gasteiger partial charge in [-0.25, -0.2) is 0 Å². The van der Waals surface area contributed by atoms with Crippen LogP contribution in [-0.2, 0) is 12.5 Å². The fourth-order valence-corrected chi connectivity index (χ4v) is 1.40. The van der Waals surface area contributed by atoms with Crippen LogP contribution in [0.25, 0.3) is 0 Å². The fourth-order valence-electron chi connectivity index (χ4n) is 1.40. The molecule has 0 N–H and O–H groups in total. The summed E-state index contributed by atoms with van der Waals surface area (Å²) < 4.78 is 103. The molecule has 1 aromatic heterocycles. The molecule has 4 nitrogen and oxygen atoms in total. The van der Waals surface area contributed by atoms with Crippen molar-refractivity contribution in [3.8, 4) is 0 Å². The molecule has 2 rings (SSSR count). The van der Waals surface area contributed by atoms with E-state index in [2.05, 4.69) is 15.5 Å². The molecule has 102 valence electrons. The van der Waals surface area contributed by atoms with E-state index in [4.69, 9.17) is 0 Å². The molecule has 0 amide bonds. The monoisotopic (exact) mass is 282 g/mol. The normalized spacial score (nSPS) is 27.3. The Balaban J connectivity index is 2.74. The van der Waals surface area contributed by atoms with Crippen LogP contribution in [-0.4, -0.2) is 38.0 Å². The Labute approximate surface area is 92.6 Å². The van der Waals surface area contributed by atoms with Gasteiger partial charge in [0.2, 0.25) is 0 Å². The van der Waals surface area contributed by atoms with Crippen LogP contribution < -0.4 is 0 Å². The van der Waals surface area contributed by atoms with Gasteiger partial charge in [-0.05, 0) is 10.4 Å². The van der Waals surface area contributed by atoms with Gasteiger partial charge >= 0.3 is 23.8 Å². The molecular weight excluding hydrogens is 280 g/mol. The SMILES string of the molecule is FC1(F)Cc2nnnn2C(F)(F)C(F)(F)C1(F)F. The number of nitrogens with zero attached hydrogens (tertiary/aromatic N) is 4. The highest BCUT2D eigenvalue weighted by Crippen LogP contribution is 2.56. The average molecular weight is 282 g/mol. The maximum atomic E-state index is 13.2. The molecule has 0 aromatic carbocycles. The topological polar surface area (TPSA) is 43.6 Å². The van der Waals surface area contributed by atoms with E-state index in [0.29, 0.717) is 0 Å². The summed E-state index contributed by atoms with van der Waals surface area (Å²) in [5.74, 6) is -19.5. The van der Waals surface area contributed by atoms with Gasteiger partial charge in [0.05, 0.1) is 6.42 Å². The molecule has 0 unspecified atom stereocenters.